The van der Waals surface area contributed by atoms with Gasteiger partial charge in [-0.05, 0) is 47.6 Å². The van der Waals surface area contributed by atoms with E-state index in [9.17, 15) is 72.9 Å². The van der Waals surface area contributed by atoms with E-state index in [2.05, 4.69) is 47.5 Å². The molecule has 3 unspecified atom stereocenters. The van der Waals surface area contributed by atoms with E-state index < -0.39 is 205 Å². The van der Waals surface area contributed by atoms with Crippen molar-refractivity contribution in [2.24, 2.45) is 40.9 Å². The van der Waals surface area contributed by atoms with Crippen molar-refractivity contribution in [3.8, 4) is 0 Å². The predicted molar refractivity (Wildman–Crippen MR) is 344 cm³/mol. The maximum atomic E-state index is 15.1. The zero-order chi connectivity index (χ0) is 69.5. The summed E-state index contributed by atoms with van der Waals surface area (Å²) in [6, 6.07) is 6.32. The van der Waals surface area contributed by atoms with Gasteiger partial charge < -0.3 is 67.7 Å². The van der Waals surface area contributed by atoms with Crippen LogP contribution in [0.2, 0.25) is 0 Å². The monoisotopic (exact) mass is 1330 g/mol. The number of hydrogen-bond acceptors (Lipinski definition) is 18. The molecular weight excluding hydrogens is 1240 g/mol. The van der Waals surface area contributed by atoms with Crippen LogP contribution in [0.25, 0.3) is 10.9 Å². The Morgan fingerprint density at radius 2 is 1.44 bits per heavy atom. The molecule has 2 bridgehead atoms. The number of hydrogen-bond donors (Lipinski definition) is 12. The number of H-pyrrole nitrogens is 1. The van der Waals surface area contributed by atoms with Gasteiger partial charge in [0, 0.05) is 104 Å². The minimum absolute atomic E-state index is 0.134. The van der Waals surface area contributed by atoms with Crippen molar-refractivity contribution < 1.29 is 82.4 Å². The molecule has 0 radical (unpaired) electrons. The molecular formula is C66H90N10O17S. The smallest absolute Gasteiger partial charge is 0.287 e. The summed E-state index contributed by atoms with van der Waals surface area (Å²) in [4.78, 5) is 198. The van der Waals surface area contributed by atoms with Gasteiger partial charge in [0.05, 0.1) is 61.0 Å². The molecule has 27 nitrogen and oxygen atoms in total. The number of rotatable bonds is 20. The molecule has 3 aliphatic rings. The summed E-state index contributed by atoms with van der Waals surface area (Å²) in [5.74, 6) is -16.6. The topological polar surface area (TPSA) is 415 Å². The molecule has 28 heteroatoms. The number of ketones is 5. The number of thioether (sulfide) groups is 1. The summed E-state index contributed by atoms with van der Waals surface area (Å²) in [7, 11) is 0. The lowest BCUT2D eigenvalue weighted by atomic mass is 9.85. The predicted octanol–water partition coefficient (Wildman–Crippen LogP) is 1.01. The number of aromatic nitrogens is 1. The Labute approximate surface area is 549 Å². The summed E-state index contributed by atoms with van der Waals surface area (Å²) < 4.78 is 0. The number of benzene rings is 2. The van der Waals surface area contributed by atoms with Crippen LogP contribution < -0.4 is 42.5 Å². The van der Waals surface area contributed by atoms with Crippen LogP contribution in [0.15, 0.2) is 53.6 Å². The fraction of sp³-hybridized carbons (Fsp3) is 0.576. The SMILES string of the molecule is CC[C@H](C)[C@@H]1NC(=O)CNC(=O)[C@H]2CC(=O)[C@H]([C@@H](C)[C@@H](O)CO)NC(=O)[C@@H]3CC(O)CN3C(=O)[C@H](CC(=O)NCc3ccc(NC(=O)[C@H](C)CC(=O)C(NC(=O)C(=O)CCC(=O)C(C)(C)C)C(C)C)cc3)CC(=O)C(CSc3[nH]c4ccccc4c3C2)NC(=O)CNC1=O. The molecule has 4 heterocycles. The van der Waals surface area contributed by atoms with Crippen LogP contribution in [0.3, 0.4) is 0 Å². The Balaban J connectivity index is 1.27. The molecule has 512 valence electrons. The maximum absolute atomic E-state index is 15.1. The highest BCUT2D eigenvalue weighted by Gasteiger charge is 2.45. The van der Waals surface area contributed by atoms with Gasteiger partial charge in [0.2, 0.25) is 53.0 Å². The second-order valence-electron chi connectivity index (χ2n) is 26.2. The van der Waals surface area contributed by atoms with Crippen LogP contribution in [0.1, 0.15) is 125 Å². The summed E-state index contributed by atoms with van der Waals surface area (Å²) in [6.07, 6.45) is -5.91. The van der Waals surface area contributed by atoms with Crippen LogP contribution >= 0.6 is 11.8 Å². The normalized spacial score (nSPS) is 23.2. The van der Waals surface area contributed by atoms with Crippen molar-refractivity contribution in [3.63, 3.8) is 0 Å². The third kappa shape index (κ3) is 20.4. The number of amides is 9. The first kappa shape index (κ1) is 74.8. The molecule has 0 aliphatic carbocycles. The Kier molecular flexibility index (Phi) is 26.9. The first-order valence-electron chi connectivity index (χ1n) is 31.9. The second kappa shape index (κ2) is 33.8. The number of para-hydroxylation sites is 1. The van der Waals surface area contributed by atoms with E-state index in [1.165, 1.54) is 26.0 Å². The minimum atomic E-state index is -1.63. The first-order chi connectivity index (χ1) is 44.3. The molecule has 12 atom stereocenters. The maximum Gasteiger partial charge on any atom is 0.287 e. The molecule has 0 saturated carbocycles. The lowest BCUT2D eigenvalue weighted by Crippen LogP contribution is -2.56. The van der Waals surface area contributed by atoms with Crippen molar-refractivity contribution in [3.05, 3.63) is 59.7 Å². The summed E-state index contributed by atoms with van der Waals surface area (Å²) >= 11 is 1.06. The molecule has 2 aromatic carbocycles. The molecule has 0 spiro atoms. The van der Waals surface area contributed by atoms with Gasteiger partial charge in [-0.15, -0.1) is 11.8 Å². The number of carbonyl (C=O) groups is 14. The number of nitrogens with one attached hydrogen (secondary N) is 9. The van der Waals surface area contributed by atoms with Crippen molar-refractivity contribution in [1.82, 2.24) is 47.1 Å². The fourth-order valence-corrected chi connectivity index (χ4v) is 12.5. The zero-order valence-corrected chi connectivity index (χ0v) is 55.5. The van der Waals surface area contributed by atoms with Crippen LogP contribution in [-0.2, 0) is 80.1 Å². The van der Waals surface area contributed by atoms with E-state index in [1.54, 1.807) is 84.9 Å². The molecule has 94 heavy (non-hydrogen) atoms. The molecule has 12 N–H and O–H groups in total. The Morgan fingerprint density at radius 3 is 2.09 bits per heavy atom. The van der Waals surface area contributed by atoms with E-state index >= 15 is 9.59 Å². The van der Waals surface area contributed by atoms with Crippen molar-refractivity contribution in [1.29, 1.82) is 0 Å². The minimum Gasteiger partial charge on any atom is -0.394 e. The second-order valence-corrected chi connectivity index (χ2v) is 27.3. The van der Waals surface area contributed by atoms with Gasteiger partial charge in [-0.1, -0.05) is 99.1 Å². The standard InChI is InChI=1S/C66H90N10O17S/c1-10-34(4)57-63(92)69-28-54(86)71-45-32-94-64-43(42-13-11-12-14-44(42)72-64)22-38(60(89)68-29-55(87)73-57)23-50(82)58(36(6)51(83)31-77)75-61(90)46-26-41(78)30-76(46)65(93)39(24-48(45)80)25-53(85)67-27-37-15-17-40(18-16-37)70-59(88)35(5)21-49(81)56(33(2)3)74-62(91)47(79)19-20-52(84)66(7,8)9/h11-18,33-36,38-39,41,45-46,51,56-58,72,77-78,83H,10,19-32H2,1-9H3,(H,67,85)(H,68,89)(H,69,92)(H,70,88)(H,71,86)(H,73,87)(H,74,91)(H,75,90)/t34-,35+,36-,38+,39-,41?,45?,46-,51-,56?,57-,58-/m0/s1. The largest absolute Gasteiger partial charge is 0.394 e. The Morgan fingerprint density at radius 1 is 0.777 bits per heavy atom. The number of aromatic amines is 1. The lowest BCUT2D eigenvalue weighted by Gasteiger charge is -2.32. The van der Waals surface area contributed by atoms with Gasteiger partial charge in [0.1, 0.15) is 17.9 Å². The zero-order valence-electron chi connectivity index (χ0n) is 54.6. The summed E-state index contributed by atoms with van der Waals surface area (Å²) in [6.45, 7) is 12.0. The molecule has 6 rings (SSSR count). The molecule has 1 aromatic heterocycles. The van der Waals surface area contributed by atoms with Gasteiger partial charge in [-0.25, -0.2) is 0 Å². The highest BCUT2D eigenvalue weighted by molar-refractivity contribution is 7.99. The van der Waals surface area contributed by atoms with Gasteiger partial charge in [-0.2, -0.15) is 0 Å². The van der Waals surface area contributed by atoms with E-state index in [-0.39, 0.29) is 50.2 Å². The van der Waals surface area contributed by atoms with Crippen molar-refractivity contribution in [2.75, 3.05) is 37.3 Å². The average Bonchev–Trinajstić information content (AvgIpc) is 1.64. The van der Waals surface area contributed by atoms with E-state index in [4.69, 9.17) is 0 Å². The highest BCUT2D eigenvalue weighted by Crippen LogP contribution is 2.35. The van der Waals surface area contributed by atoms with Gasteiger partial charge in [0.25, 0.3) is 5.91 Å². The molecule has 1 saturated heterocycles. The van der Waals surface area contributed by atoms with Crippen molar-refractivity contribution >= 4 is 110 Å². The number of Topliss-reactive ketones (excluding diaryl/α,β-unsaturated/α-hetero) is 5. The fourth-order valence-electron chi connectivity index (χ4n) is 11.4. The number of fused-ring (bicyclic) bond motifs is 5. The molecule has 3 aliphatic heterocycles. The number of nitrogens with zero attached hydrogens (tertiary/aromatic N) is 1. The number of aliphatic hydroxyl groups excluding tert-OH is 3. The van der Waals surface area contributed by atoms with Crippen molar-refractivity contribution in [2.45, 2.75) is 174 Å². The average molecular weight is 1330 g/mol. The molecule has 3 aromatic rings. The third-order valence-corrected chi connectivity index (χ3v) is 18.6. The molecule has 9 amide bonds. The summed E-state index contributed by atoms with van der Waals surface area (Å²) in [5, 5.41) is 54.3. The Bertz CT molecular complexity index is 3350. The van der Waals surface area contributed by atoms with E-state index in [1.807, 2.05) is 0 Å². The Hall–Kier alpha value is -8.21. The lowest BCUT2D eigenvalue weighted by molar-refractivity contribution is -0.145. The van der Waals surface area contributed by atoms with Gasteiger partial charge in [-0.3, -0.25) is 67.1 Å². The van der Waals surface area contributed by atoms with Crippen LogP contribution in [0, 0.1) is 40.9 Å². The number of carbonyl (C=O) groups excluding carboxylic acids is 14. The van der Waals surface area contributed by atoms with Crippen LogP contribution in [-0.4, -0.2) is 182 Å². The van der Waals surface area contributed by atoms with E-state index in [0.717, 1.165) is 16.7 Å². The van der Waals surface area contributed by atoms with Crippen LogP contribution in [0.5, 0.6) is 0 Å². The molecule has 1 fully saturated rings. The number of aliphatic hydroxyl groups is 3. The van der Waals surface area contributed by atoms with E-state index in [0.29, 0.717) is 39.2 Å². The number of anilines is 1. The van der Waals surface area contributed by atoms with Gasteiger partial charge >= 0.3 is 0 Å². The third-order valence-electron chi connectivity index (χ3n) is 17.5. The first-order valence-corrected chi connectivity index (χ1v) is 32.8. The quantitative estimate of drug-likeness (QED) is 0.0702. The highest BCUT2D eigenvalue weighted by atomic mass is 32.2. The van der Waals surface area contributed by atoms with Gasteiger partial charge in [0.15, 0.2) is 17.3 Å². The summed E-state index contributed by atoms with van der Waals surface area (Å²) in [5.41, 5.74) is 1.19. The van der Waals surface area contributed by atoms with Crippen LogP contribution in [0.4, 0.5) is 5.69 Å².